The summed E-state index contributed by atoms with van der Waals surface area (Å²) in [4.78, 5) is 18.0. The van der Waals surface area contributed by atoms with E-state index in [2.05, 4.69) is 15.4 Å². The molecule has 4 aromatic rings. The Morgan fingerprint density at radius 2 is 1.80 bits per heavy atom. The first-order valence-corrected chi connectivity index (χ1v) is 15.2. The molecule has 1 aliphatic carbocycles. The van der Waals surface area contributed by atoms with Crippen LogP contribution in [0.5, 0.6) is 11.5 Å². The molecule has 10 heteroatoms. The molecule has 0 spiro atoms. The summed E-state index contributed by atoms with van der Waals surface area (Å²) in [5, 5.41) is 7.30. The number of hydrogen-bond acceptors (Lipinski definition) is 7. The van der Waals surface area contributed by atoms with Gasteiger partial charge in [-0.1, -0.05) is 25.3 Å². The minimum atomic E-state index is -3.33. The Bertz CT molecular complexity index is 1590. The highest BCUT2D eigenvalue weighted by atomic mass is 32.2. The van der Waals surface area contributed by atoms with Crippen LogP contribution in [-0.4, -0.2) is 41.4 Å². The van der Waals surface area contributed by atoms with E-state index in [1.165, 1.54) is 31.4 Å². The van der Waals surface area contributed by atoms with Gasteiger partial charge in [-0.3, -0.25) is 9.78 Å². The second-order valence-electron chi connectivity index (χ2n) is 10.0. The molecular weight excluding hydrogens is 528 g/mol. The van der Waals surface area contributed by atoms with E-state index in [1.54, 1.807) is 53.5 Å². The lowest BCUT2D eigenvalue weighted by Crippen LogP contribution is -2.19. The lowest BCUT2D eigenvalue weighted by atomic mass is 9.98. The van der Waals surface area contributed by atoms with Crippen molar-refractivity contribution in [3.63, 3.8) is 0 Å². The van der Waals surface area contributed by atoms with Crippen molar-refractivity contribution in [3.8, 4) is 22.8 Å². The summed E-state index contributed by atoms with van der Waals surface area (Å²) >= 11 is 0. The third-order valence-corrected chi connectivity index (χ3v) is 7.94. The number of aryl methyl sites for hydroxylation is 1. The van der Waals surface area contributed by atoms with Crippen LogP contribution >= 0.6 is 0 Å². The fourth-order valence-corrected chi connectivity index (χ4v) is 5.34. The van der Waals surface area contributed by atoms with Gasteiger partial charge in [0.05, 0.1) is 16.7 Å². The van der Waals surface area contributed by atoms with Crippen molar-refractivity contribution in [2.45, 2.75) is 56.8 Å². The van der Waals surface area contributed by atoms with E-state index in [0.717, 1.165) is 30.4 Å². The molecule has 1 aliphatic rings. The monoisotopic (exact) mass is 560 g/mol. The van der Waals surface area contributed by atoms with Gasteiger partial charge in [0, 0.05) is 35.8 Å². The highest BCUT2D eigenvalue weighted by Crippen LogP contribution is 2.31. The Morgan fingerprint density at radius 3 is 2.52 bits per heavy atom. The number of nitrogens with zero attached hydrogens (tertiary/aromatic N) is 3. The molecule has 0 bridgehead atoms. The zero-order chi connectivity index (χ0) is 28.1. The fraction of sp³-hybridized carbons (Fsp3) is 0.300. The Labute approximate surface area is 234 Å². The van der Waals surface area contributed by atoms with Gasteiger partial charge in [0.15, 0.2) is 15.7 Å². The van der Waals surface area contributed by atoms with Crippen molar-refractivity contribution in [2.24, 2.45) is 0 Å². The molecule has 1 fully saturated rings. The molecule has 1 saturated carbocycles. The number of rotatable bonds is 9. The lowest BCUT2D eigenvalue weighted by molar-refractivity contribution is -0.0176. The molecular formula is C30H32N4O5S. The lowest BCUT2D eigenvalue weighted by Gasteiger charge is -2.21. The Morgan fingerprint density at radius 1 is 1.02 bits per heavy atom. The van der Waals surface area contributed by atoms with Crippen molar-refractivity contribution >= 4 is 21.6 Å². The molecule has 1 N–H and O–H groups in total. The van der Waals surface area contributed by atoms with Crippen molar-refractivity contribution in [2.75, 3.05) is 11.6 Å². The highest BCUT2D eigenvalue weighted by Gasteiger charge is 2.16. The van der Waals surface area contributed by atoms with E-state index in [9.17, 15) is 13.2 Å². The maximum atomic E-state index is 13.3. The molecule has 0 unspecified atom stereocenters. The predicted molar refractivity (Wildman–Crippen MR) is 152 cm³/mol. The van der Waals surface area contributed by atoms with E-state index >= 15 is 0 Å². The van der Waals surface area contributed by atoms with Gasteiger partial charge in [-0.05, 0) is 73.9 Å². The average Bonchev–Trinajstić information content (AvgIpc) is 3.39. The molecule has 9 nitrogen and oxygen atoms in total. The van der Waals surface area contributed by atoms with Gasteiger partial charge in [0.25, 0.3) is 5.91 Å². The third-order valence-electron chi connectivity index (χ3n) is 6.82. The number of pyridine rings is 1. The van der Waals surface area contributed by atoms with Gasteiger partial charge < -0.3 is 14.8 Å². The van der Waals surface area contributed by atoms with Crippen molar-refractivity contribution in [3.05, 3.63) is 84.2 Å². The van der Waals surface area contributed by atoms with E-state index in [0.29, 0.717) is 35.2 Å². The number of hydrogen-bond donors (Lipinski definition) is 1. The maximum Gasteiger partial charge on any atom is 0.257 e. The first kappa shape index (κ1) is 27.5. The number of ether oxygens (including phenoxy) is 2. The number of anilines is 1. The third kappa shape index (κ3) is 6.94. The predicted octanol–water partition coefficient (Wildman–Crippen LogP) is 6.01. The Balaban J connectivity index is 1.36. The Hall–Kier alpha value is -4.02. The van der Waals surface area contributed by atoms with Crippen LogP contribution in [0.15, 0.2) is 78.0 Å². The summed E-state index contributed by atoms with van der Waals surface area (Å²) in [5.74, 6) is 0.901. The van der Waals surface area contributed by atoms with Crippen LogP contribution in [0.25, 0.3) is 11.3 Å². The number of sulfone groups is 1. The summed E-state index contributed by atoms with van der Waals surface area (Å²) in [5.41, 5.74) is 2.73. The van der Waals surface area contributed by atoms with Crippen LogP contribution in [0, 0.1) is 6.92 Å². The minimum Gasteiger partial charge on any atom is -0.457 e. The Kier molecular flexibility index (Phi) is 8.27. The summed E-state index contributed by atoms with van der Waals surface area (Å²) in [6.07, 6.45) is 10.7. The van der Waals surface area contributed by atoms with Gasteiger partial charge in [-0.25, -0.2) is 13.1 Å². The number of carbonyl (C=O) groups is 1. The van der Waals surface area contributed by atoms with Crippen LogP contribution < -0.4 is 10.1 Å². The SMILES string of the molecule is Cc1cccnc1-c1cc(Oc2ccc(S(C)(=O)=O)cc2)cc(C(=O)Nc2ccn(COC3CCCCC3)n2)c1. The number of benzene rings is 2. The van der Waals surface area contributed by atoms with Crippen molar-refractivity contribution in [1.29, 1.82) is 0 Å². The van der Waals surface area contributed by atoms with Crippen LogP contribution in [0.1, 0.15) is 48.0 Å². The molecule has 0 aliphatic heterocycles. The fourth-order valence-electron chi connectivity index (χ4n) is 4.71. The normalized spacial score (nSPS) is 14.2. The quantitative estimate of drug-likeness (QED) is 0.267. The average molecular weight is 561 g/mol. The summed E-state index contributed by atoms with van der Waals surface area (Å²) in [6.45, 7) is 2.28. The first-order chi connectivity index (χ1) is 19.2. The number of aromatic nitrogens is 3. The number of nitrogens with one attached hydrogen (secondary N) is 1. The van der Waals surface area contributed by atoms with Crippen molar-refractivity contribution in [1.82, 2.24) is 14.8 Å². The van der Waals surface area contributed by atoms with E-state index in [4.69, 9.17) is 9.47 Å². The van der Waals surface area contributed by atoms with Gasteiger partial charge in [0.2, 0.25) is 0 Å². The summed E-state index contributed by atoms with van der Waals surface area (Å²) < 4.78 is 37.3. The molecule has 208 valence electrons. The minimum absolute atomic E-state index is 0.196. The molecule has 5 rings (SSSR count). The van der Waals surface area contributed by atoms with E-state index < -0.39 is 9.84 Å². The zero-order valence-electron chi connectivity index (χ0n) is 22.5. The van der Waals surface area contributed by atoms with Crippen LogP contribution in [0.4, 0.5) is 5.82 Å². The van der Waals surface area contributed by atoms with Gasteiger partial charge >= 0.3 is 0 Å². The number of amides is 1. The standard InChI is InChI=1S/C30H32N4O5S/c1-21-7-6-15-31-29(21)22-17-23(19-26(18-22)39-25-10-12-27(13-11-25)40(2,36)37)30(35)32-28-14-16-34(33-28)20-38-24-8-4-3-5-9-24/h6-7,10-19,24H,3-5,8-9,20H2,1-2H3,(H,32,33,35). The van der Waals surface area contributed by atoms with E-state index in [1.807, 2.05) is 19.1 Å². The molecule has 0 radical (unpaired) electrons. The first-order valence-electron chi connectivity index (χ1n) is 13.3. The topological polar surface area (TPSA) is 112 Å². The zero-order valence-corrected chi connectivity index (χ0v) is 23.4. The van der Waals surface area contributed by atoms with E-state index in [-0.39, 0.29) is 16.9 Å². The second-order valence-corrected chi connectivity index (χ2v) is 12.0. The summed E-state index contributed by atoms with van der Waals surface area (Å²) in [6, 6.07) is 16.8. The molecule has 2 heterocycles. The molecule has 0 saturated heterocycles. The van der Waals surface area contributed by atoms with Gasteiger partial charge in [-0.2, -0.15) is 5.10 Å². The molecule has 2 aromatic heterocycles. The highest BCUT2D eigenvalue weighted by molar-refractivity contribution is 7.90. The van der Waals surface area contributed by atoms with Crippen molar-refractivity contribution < 1.29 is 22.7 Å². The van der Waals surface area contributed by atoms with Gasteiger partial charge in [-0.15, -0.1) is 0 Å². The van der Waals surface area contributed by atoms with Crippen LogP contribution in [0.3, 0.4) is 0 Å². The molecule has 0 atom stereocenters. The smallest absolute Gasteiger partial charge is 0.257 e. The van der Waals surface area contributed by atoms with Gasteiger partial charge in [0.1, 0.15) is 18.2 Å². The molecule has 40 heavy (non-hydrogen) atoms. The summed E-state index contributed by atoms with van der Waals surface area (Å²) in [7, 11) is -3.33. The van der Waals surface area contributed by atoms with Crippen LogP contribution in [-0.2, 0) is 21.3 Å². The number of carbonyl (C=O) groups excluding carboxylic acids is 1. The molecule has 1 amide bonds. The maximum absolute atomic E-state index is 13.3. The largest absolute Gasteiger partial charge is 0.457 e. The molecule has 2 aromatic carbocycles. The second kappa shape index (κ2) is 12.0. The van der Waals surface area contributed by atoms with Crippen LogP contribution in [0.2, 0.25) is 0 Å².